The molecule has 0 saturated carbocycles. The van der Waals surface area contributed by atoms with Gasteiger partial charge in [-0.2, -0.15) is 0 Å². The van der Waals surface area contributed by atoms with Gasteiger partial charge in [0.25, 0.3) is 5.56 Å². The molecule has 1 aromatic rings. The van der Waals surface area contributed by atoms with Crippen molar-refractivity contribution < 1.29 is 4.79 Å². The number of amides is 1. The van der Waals surface area contributed by atoms with Crippen LogP contribution in [0, 0.1) is 6.92 Å². The summed E-state index contributed by atoms with van der Waals surface area (Å²) in [6, 6.07) is 2.01. The van der Waals surface area contributed by atoms with Crippen molar-refractivity contribution in [2.24, 2.45) is 0 Å². The van der Waals surface area contributed by atoms with Gasteiger partial charge in [-0.1, -0.05) is 0 Å². The Hall–Kier alpha value is -1.58. The average molecular weight is 220 g/mol. The molecule has 0 aromatic carbocycles. The van der Waals surface area contributed by atoms with Crippen LogP contribution in [0.2, 0.25) is 0 Å². The number of nitrogens with one attached hydrogen (secondary N) is 1. The van der Waals surface area contributed by atoms with Crippen LogP contribution in [0.1, 0.15) is 36.4 Å². The maximum Gasteiger partial charge on any atom is 0.250 e. The molecule has 0 aliphatic carbocycles. The second-order valence-corrected chi connectivity index (χ2v) is 4.30. The van der Waals surface area contributed by atoms with Gasteiger partial charge < -0.3 is 9.88 Å². The fraction of sp³-hybridized carbons (Fsp3) is 0.500. The third-order valence-electron chi connectivity index (χ3n) is 3.18. The number of H-pyrrole nitrogens is 1. The highest BCUT2D eigenvalue weighted by Gasteiger charge is 2.22. The van der Waals surface area contributed by atoms with Gasteiger partial charge in [0.1, 0.15) is 0 Å². The summed E-state index contributed by atoms with van der Waals surface area (Å²) >= 11 is 0. The summed E-state index contributed by atoms with van der Waals surface area (Å²) in [6.45, 7) is 2.60. The monoisotopic (exact) mass is 220 g/mol. The maximum absolute atomic E-state index is 11.3. The Morgan fingerprint density at radius 2 is 2.31 bits per heavy atom. The quantitative estimate of drug-likeness (QED) is 0.765. The third-order valence-corrected chi connectivity index (χ3v) is 3.18. The largest absolute Gasteiger partial charge is 0.338 e. The van der Waals surface area contributed by atoms with Crippen LogP contribution in [0.5, 0.6) is 0 Å². The lowest BCUT2D eigenvalue weighted by Gasteiger charge is -2.32. The van der Waals surface area contributed by atoms with Gasteiger partial charge in [0.15, 0.2) is 0 Å². The molecule has 1 aromatic heterocycles. The van der Waals surface area contributed by atoms with E-state index in [-0.39, 0.29) is 11.6 Å². The van der Waals surface area contributed by atoms with Gasteiger partial charge in [-0.25, -0.2) is 0 Å². The standard InChI is InChI=1S/C12H16N2O2/c1-9-6-10(7-13-12(9)16)11-4-2-3-5-14(11)8-15/h6-8,11H,2-5H2,1H3,(H,13,16)/t11-/m1/s1. The summed E-state index contributed by atoms with van der Waals surface area (Å²) in [6.07, 6.45) is 5.81. The van der Waals surface area contributed by atoms with E-state index in [0.717, 1.165) is 37.8 Å². The number of carbonyl (C=O) groups excluding carboxylic acids is 1. The number of nitrogens with zero attached hydrogens (tertiary/aromatic N) is 1. The summed E-state index contributed by atoms with van der Waals surface area (Å²) in [4.78, 5) is 26.7. The van der Waals surface area contributed by atoms with E-state index in [2.05, 4.69) is 4.98 Å². The lowest BCUT2D eigenvalue weighted by atomic mass is 9.96. The van der Waals surface area contributed by atoms with Gasteiger partial charge in [0.05, 0.1) is 6.04 Å². The number of aromatic nitrogens is 1. The molecule has 1 N–H and O–H groups in total. The summed E-state index contributed by atoms with van der Waals surface area (Å²) in [5, 5.41) is 0. The molecule has 2 rings (SSSR count). The van der Waals surface area contributed by atoms with Gasteiger partial charge in [0.2, 0.25) is 6.41 Å². The normalized spacial score (nSPS) is 20.8. The first-order valence-electron chi connectivity index (χ1n) is 5.62. The van der Waals surface area contributed by atoms with E-state index in [1.54, 1.807) is 13.1 Å². The molecule has 1 fully saturated rings. The van der Waals surface area contributed by atoms with E-state index >= 15 is 0 Å². The number of carbonyl (C=O) groups is 1. The van der Waals surface area contributed by atoms with E-state index in [4.69, 9.17) is 0 Å². The van der Waals surface area contributed by atoms with Crippen LogP contribution in [0.15, 0.2) is 17.1 Å². The van der Waals surface area contributed by atoms with Crippen molar-refractivity contribution in [1.82, 2.24) is 9.88 Å². The Bertz CT molecular complexity index is 439. The molecule has 16 heavy (non-hydrogen) atoms. The summed E-state index contributed by atoms with van der Waals surface area (Å²) in [5.74, 6) is 0. The summed E-state index contributed by atoms with van der Waals surface area (Å²) in [7, 11) is 0. The minimum atomic E-state index is -0.0581. The summed E-state index contributed by atoms with van der Waals surface area (Å²) < 4.78 is 0. The summed E-state index contributed by atoms with van der Waals surface area (Å²) in [5.41, 5.74) is 1.68. The third kappa shape index (κ3) is 2.01. The molecular weight excluding hydrogens is 204 g/mol. The molecule has 4 heteroatoms. The first-order valence-corrected chi connectivity index (χ1v) is 5.62. The van der Waals surface area contributed by atoms with Crippen molar-refractivity contribution >= 4 is 6.41 Å². The van der Waals surface area contributed by atoms with E-state index < -0.39 is 0 Å². The Morgan fingerprint density at radius 1 is 1.50 bits per heavy atom. The number of hydrogen-bond acceptors (Lipinski definition) is 2. The number of hydrogen-bond donors (Lipinski definition) is 1. The number of aryl methyl sites for hydroxylation is 1. The molecule has 0 bridgehead atoms. The van der Waals surface area contributed by atoms with Crippen molar-refractivity contribution in [2.45, 2.75) is 32.2 Å². The van der Waals surface area contributed by atoms with Crippen molar-refractivity contribution in [1.29, 1.82) is 0 Å². The predicted octanol–water partition coefficient (Wildman–Crippen LogP) is 1.37. The SMILES string of the molecule is Cc1cc([C@H]2CCCCN2C=O)c[nH]c1=O. The maximum atomic E-state index is 11.3. The van der Waals surface area contributed by atoms with Crippen LogP contribution < -0.4 is 5.56 Å². The van der Waals surface area contributed by atoms with Gasteiger partial charge in [0, 0.05) is 18.3 Å². The van der Waals surface area contributed by atoms with Crippen LogP contribution >= 0.6 is 0 Å². The van der Waals surface area contributed by atoms with E-state index in [0.29, 0.717) is 5.56 Å². The zero-order chi connectivity index (χ0) is 11.5. The Balaban J connectivity index is 2.30. The Morgan fingerprint density at radius 3 is 3.00 bits per heavy atom. The highest BCUT2D eigenvalue weighted by Crippen LogP contribution is 2.28. The fourth-order valence-electron chi connectivity index (χ4n) is 2.25. The highest BCUT2D eigenvalue weighted by molar-refractivity contribution is 5.49. The Kier molecular flexibility index (Phi) is 3.08. The number of rotatable bonds is 2. The number of piperidine rings is 1. The topological polar surface area (TPSA) is 53.2 Å². The lowest BCUT2D eigenvalue weighted by molar-refractivity contribution is -0.121. The van der Waals surface area contributed by atoms with Gasteiger partial charge in [-0.3, -0.25) is 9.59 Å². The van der Waals surface area contributed by atoms with Gasteiger partial charge in [-0.05, 0) is 37.8 Å². The molecule has 0 unspecified atom stereocenters. The molecule has 1 atom stereocenters. The minimum Gasteiger partial charge on any atom is -0.338 e. The predicted molar refractivity (Wildman–Crippen MR) is 61.2 cm³/mol. The zero-order valence-corrected chi connectivity index (χ0v) is 9.40. The van der Waals surface area contributed by atoms with E-state index in [9.17, 15) is 9.59 Å². The fourth-order valence-corrected chi connectivity index (χ4v) is 2.25. The second kappa shape index (κ2) is 4.51. The molecule has 0 spiro atoms. The first-order chi connectivity index (χ1) is 7.72. The average Bonchev–Trinajstić information content (AvgIpc) is 2.32. The van der Waals surface area contributed by atoms with Crippen molar-refractivity contribution in [2.75, 3.05) is 6.54 Å². The van der Waals surface area contributed by atoms with E-state index in [1.807, 2.05) is 11.0 Å². The molecule has 0 radical (unpaired) electrons. The molecule has 86 valence electrons. The zero-order valence-electron chi connectivity index (χ0n) is 9.40. The minimum absolute atomic E-state index is 0.0581. The molecule has 4 nitrogen and oxygen atoms in total. The smallest absolute Gasteiger partial charge is 0.250 e. The van der Waals surface area contributed by atoms with Gasteiger partial charge >= 0.3 is 0 Å². The van der Waals surface area contributed by atoms with Crippen LogP contribution in [0.3, 0.4) is 0 Å². The highest BCUT2D eigenvalue weighted by atomic mass is 16.1. The molecule has 2 heterocycles. The second-order valence-electron chi connectivity index (χ2n) is 4.30. The van der Waals surface area contributed by atoms with E-state index in [1.165, 1.54) is 0 Å². The van der Waals surface area contributed by atoms with Crippen LogP contribution in [-0.4, -0.2) is 22.8 Å². The van der Waals surface area contributed by atoms with Crippen molar-refractivity contribution in [3.8, 4) is 0 Å². The Labute approximate surface area is 94.3 Å². The molecule has 1 amide bonds. The number of likely N-dealkylation sites (tertiary alicyclic amines) is 1. The lowest BCUT2D eigenvalue weighted by Crippen LogP contribution is -2.32. The number of pyridine rings is 1. The van der Waals surface area contributed by atoms with Crippen LogP contribution in [-0.2, 0) is 4.79 Å². The van der Waals surface area contributed by atoms with Gasteiger partial charge in [-0.15, -0.1) is 0 Å². The van der Waals surface area contributed by atoms with Crippen molar-refractivity contribution in [3.63, 3.8) is 0 Å². The van der Waals surface area contributed by atoms with Crippen LogP contribution in [0.25, 0.3) is 0 Å². The van der Waals surface area contributed by atoms with Crippen LogP contribution in [0.4, 0.5) is 0 Å². The molecule has 1 saturated heterocycles. The molecule has 1 aliphatic heterocycles. The number of aromatic amines is 1. The first kappa shape index (κ1) is 10.9. The molecule has 1 aliphatic rings. The molecular formula is C12H16N2O2. The van der Waals surface area contributed by atoms with Crippen molar-refractivity contribution in [3.05, 3.63) is 33.7 Å².